The summed E-state index contributed by atoms with van der Waals surface area (Å²) >= 11 is 0. The van der Waals surface area contributed by atoms with Crippen molar-refractivity contribution in [3.63, 3.8) is 0 Å². The molecule has 0 radical (unpaired) electrons. The molecule has 0 fully saturated rings. The van der Waals surface area contributed by atoms with Crippen LogP contribution in [0.5, 0.6) is 0 Å². The van der Waals surface area contributed by atoms with E-state index in [1.807, 2.05) is 26.8 Å². The smallest absolute Gasteiger partial charge is 0.269 e. The van der Waals surface area contributed by atoms with Gasteiger partial charge in [-0.15, -0.1) is 0 Å². The lowest BCUT2D eigenvalue weighted by Crippen LogP contribution is -2.35. The lowest BCUT2D eigenvalue weighted by Gasteiger charge is -2.23. The number of carbonyl (C=O) groups excluding carboxylic acids is 1. The first-order valence-corrected chi connectivity index (χ1v) is 6.31. The van der Waals surface area contributed by atoms with Crippen LogP contribution >= 0.6 is 0 Å². The van der Waals surface area contributed by atoms with Gasteiger partial charge in [-0.3, -0.25) is 9.48 Å². The zero-order valence-corrected chi connectivity index (χ0v) is 11.7. The highest BCUT2D eigenvalue weighted by Gasteiger charge is 2.20. The summed E-state index contributed by atoms with van der Waals surface area (Å²) < 4.78 is 1.60. The molecule has 18 heavy (non-hydrogen) atoms. The van der Waals surface area contributed by atoms with Crippen LogP contribution in [0.25, 0.3) is 0 Å². The Bertz CT molecular complexity index is 410. The van der Waals surface area contributed by atoms with Crippen molar-refractivity contribution in [1.82, 2.24) is 15.1 Å². The van der Waals surface area contributed by atoms with Gasteiger partial charge in [0, 0.05) is 20.2 Å². The predicted molar refractivity (Wildman–Crippen MR) is 70.4 cm³/mol. The molecule has 0 bridgehead atoms. The van der Waals surface area contributed by atoms with Crippen LogP contribution in [-0.4, -0.2) is 33.9 Å². The number of aryl methyl sites for hydroxylation is 2. The summed E-state index contributed by atoms with van der Waals surface area (Å²) in [6, 6.07) is 1.81. The monoisotopic (exact) mass is 253 g/mol. The van der Waals surface area contributed by atoms with Gasteiger partial charge < -0.3 is 10.4 Å². The van der Waals surface area contributed by atoms with Gasteiger partial charge in [0.2, 0.25) is 0 Å². The number of nitrogens with zero attached hydrogens (tertiary/aromatic N) is 2. The molecule has 1 aromatic heterocycles. The third-order valence-electron chi connectivity index (χ3n) is 3.04. The Labute approximate surface area is 108 Å². The van der Waals surface area contributed by atoms with E-state index < -0.39 is 0 Å². The number of hydrogen-bond acceptors (Lipinski definition) is 3. The molecule has 1 rings (SSSR count). The number of aromatic nitrogens is 2. The highest BCUT2D eigenvalue weighted by atomic mass is 16.3. The van der Waals surface area contributed by atoms with E-state index in [-0.39, 0.29) is 17.9 Å². The molecule has 1 heterocycles. The maximum Gasteiger partial charge on any atom is 0.269 e. The van der Waals surface area contributed by atoms with E-state index in [1.165, 1.54) is 0 Å². The molecule has 102 valence electrons. The minimum absolute atomic E-state index is 0.101. The number of aliphatic hydroxyl groups excluding tert-OH is 1. The van der Waals surface area contributed by atoms with Crippen LogP contribution in [0.3, 0.4) is 0 Å². The molecule has 0 unspecified atom stereocenters. The van der Waals surface area contributed by atoms with Crippen LogP contribution < -0.4 is 5.32 Å². The maximum atomic E-state index is 12.0. The first-order chi connectivity index (χ1) is 8.39. The van der Waals surface area contributed by atoms with Crippen LogP contribution in [0.1, 0.15) is 43.4 Å². The third-order valence-corrected chi connectivity index (χ3v) is 3.04. The summed E-state index contributed by atoms with van der Waals surface area (Å²) in [4.78, 5) is 12.0. The van der Waals surface area contributed by atoms with Gasteiger partial charge >= 0.3 is 0 Å². The Morgan fingerprint density at radius 3 is 2.72 bits per heavy atom. The first-order valence-electron chi connectivity index (χ1n) is 6.31. The van der Waals surface area contributed by atoms with E-state index >= 15 is 0 Å². The highest BCUT2D eigenvalue weighted by molar-refractivity contribution is 5.92. The fourth-order valence-electron chi connectivity index (χ4n) is 1.71. The number of carbonyl (C=O) groups is 1. The number of hydrogen-bond donors (Lipinski definition) is 2. The minimum Gasteiger partial charge on any atom is -0.396 e. The van der Waals surface area contributed by atoms with Crippen LogP contribution in [0, 0.1) is 5.41 Å². The Morgan fingerprint density at radius 2 is 2.22 bits per heavy atom. The summed E-state index contributed by atoms with van der Waals surface area (Å²) in [7, 11) is 1.77. The summed E-state index contributed by atoms with van der Waals surface area (Å²) in [5.74, 6) is -0.115. The fraction of sp³-hybridized carbons (Fsp3) is 0.692. The summed E-state index contributed by atoms with van der Waals surface area (Å²) in [6.45, 7) is 6.72. The van der Waals surface area contributed by atoms with Crippen LogP contribution in [0.15, 0.2) is 6.07 Å². The van der Waals surface area contributed by atoms with Crippen molar-refractivity contribution in [2.24, 2.45) is 12.5 Å². The molecule has 5 nitrogen and oxygen atoms in total. The molecule has 0 aliphatic rings. The van der Waals surface area contributed by atoms with Gasteiger partial charge in [-0.25, -0.2) is 0 Å². The topological polar surface area (TPSA) is 67.2 Å². The number of rotatable bonds is 6. The van der Waals surface area contributed by atoms with Gasteiger partial charge in [0.15, 0.2) is 0 Å². The summed E-state index contributed by atoms with van der Waals surface area (Å²) in [6.07, 6.45) is 1.48. The van der Waals surface area contributed by atoms with Crippen molar-refractivity contribution in [2.75, 3.05) is 13.2 Å². The molecule has 0 aliphatic heterocycles. The zero-order chi connectivity index (χ0) is 13.8. The molecule has 0 saturated carbocycles. The highest BCUT2D eigenvalue weighted by Crippen LogP contribution is 2.18. The molecule has 0 atom stereocenters. The van der Waals surface area contributed by atoms with Gasteiger partial charge in [0.25, 0.3) is 5.91 Å². The van der Waals surface area contributed by atoms with E-state index in [1.54, 1.807) is 11.7 Å². The number of nitrogens with one attached hydrogen (secondary N) is 1. The standard InChI is InChI=1S/C13H23N3O2/c1-5-10-8-11(16(4)15-10)12(18)14-9-13(2,3)6-7-17/h8,17H,5-7,9H2,1-4H3,(H,14,18). The molecule has 1 amide bonds. The minimum atomic E-state index is -0.115. The Morgan fingerprint density at radius 1 is 1.56 bits per heavy atom. The quantitative estimate of drug-likeness (QED) is 0.798. The molecule has 1 aromatic rings. The van der Waals surface area contributed by atoms with Crippen LogP contribution in [0.2, 0.25) is 0 Å². The fourth-order valence-corrected chi connectivity index (χ4v) is 1.71. The molecular weight excluding hydrogens is 230 g/mol. The van der Waals surface area contributed by atoms with E-state index in [4.69, 9.17) is 5.11 Å². The van der Waals surface area contributed by atoms with Crippen molar-refractivity contribution in [3.8, 4) is 0 Å². The van der Waals surface area contributed by atoms with Crippen molar-refractivity contribution >= 4 is 5.91 Å². The molecule has 0 aliphatic carbocycles. The van der Waals surface area contributed by atoms with Crippen molar-refractivity contribution < 1.29 is 9.90 Å². The largest absolute Gasteiger partial charge is 0.396 e. The second-order valence-electron chi connectivity index (χ2n) is 5.32. The number of amides is 1. The maximum absolute atomic E-state index is 12.0. The van der Waals surface area contributed by atoms with Crippen molar-refractivity contribution in [2.45, 2.75) is 33.6 Å². The molecular formula is C13H23N3O2. The molecule has 5 heteroatoms. The van der Waals surface area contributed by atoms with Crippen molar-refractivity contribution in [3.05, 3.63) is 17.5 Å². The van der Waals surface area contributed by atoms with E-state index in [0.717, 1.165) is 12.1 Å². The Balaban J connectivity index is 2.62. The van der Waals surface area contributed by atoms with Gasteiger partial charge in [-0.1, -0.05) is 20.8 Å². The van der Waals surface area contributed by atoms with Crippen LogP contribution in [0.4, 0.5) is 0 Å². The summed E-state index contributed by atoms with van der Waals surface area (Å²) in [5.41, 5.74) is 1.39. The zero-order valence-electron chi connectivity index (χ0n) is 11.7. The van der Waals surface area contributed by atoms with Gasteiger partial charge in [0.05, 0.1) is 5.69 Å². The Kier molecular flexibility index (Phi) is 4.90. The van der Waals surface area contributed by atoms with Crippen molar-refractivity contribution in [1.29, 1.82) is 0 Å². The SMILES string of the molecule is CCc1cc(C(=O)NCC(C)(C)CCO)n(C)n1. The first kappa shape index (κ1) is 14.7. The molecule has 0 spiro atoms. The van der Waals surface area contributed by atoms with E-state index in [2.05, 4.69) is 10.4 Å². The number of aliphatic hydroxyl groups is 1. The van der Waals surface area contributed by atoms with Gasteiger partial charge in [-0.2, -0.15) is 5.10 Å². The predicted octanol–water partition coefficient (Wildman–Crippen LogP) is 1.12. The summed E-state index contributed by atoms with van der Waals surface area (Å²) in [5, 5.41) is 16.1. The lowest BCUT2D eigenvalue weighted by molar-refractivity contribution is 0.0918. The normalized spacial score (nSPS) is 11.6. The van der Waals surface area contributed by atoms with Gasteiger partial charge in [-0.05, 0) is 24.3 Å². The molecule has 0 saturated heterocycles. The molecule has 2 N–H and O–H groups in total. The molecule has 0 aromatic carbocycles. The van der Waals surface area contributed by atoms with E-state index in [0.29, 0.717) is 18.7 Å². The van der Waals surface area contributed by atoms with Crippen LogP contribution in [-0.2, 0) is 13.5 Å². The lowest BCUT2D eigenvalue weighted by atomic mass is 9.90. The van der Waals surface area contributed by atoms with Gasteiger partial charge in [0.1, 0.15) is 5.69 Å². The second-order valence-corrected chi connectivity index (χ2v) is 5.32. The van der Waals surface area contributed by atoms with E-state index in [9.17, 15) is 4.79 Å². The second kappa shape index (κ2) is 6.00. The average molecular weight is 253 g/mol. The third kappa shape index (κ3) is 3.84. The Hall–Kier alpha value is -1.36. The average Bonchev–Trinajstić information content (AvgIpc) is 2.68.